The molecule has 0 saturated carbocycles. The molecule has 2 amide bonds. The zero-order chi connectivity index (χ0) is 31.9. The first kappa shape index (κ1) is 33.1. The third kappa shape index (κ3) is 9.27. The largest absolute Gasteiger partial charge is 0.497 e. The molecule has 1 atom stereocenters. The molecule has 0 heterocycles. The zero-order valence-corrected chi connectivity index (χ0v) is 26.1. The van der Waals surface area contributed by atoms with E-state index in [0.717, 1.165) is 22.2 Å². The van der Waals surface area contributed by atoms with Gasteiger partial charge in [-0.2, -0.15) is 0 Å². The number of non-ortho nitro benzene ring substituents is 1. The van der Waals surface area contributed by atoms with Crippen molar-refractivity contribution < 1.29 is 27.7 Å². The van der Waals surface area contributed by atoms with E-state index in [4.69, 9.17) is 4.74 Å². The van der Waals surface area contributed by atoms with Crippen molar-refractivity contribution in [3.05, 3.63) is 99.6 Å². The average molecular weight is 611 g/mol. The number of nitrogens with zero attached hydrogens (tertiary/aromatic N) is 3. The van der Waals surface area contributed by atoms with E-state index in [-0.39, 0.29) is 24.3 Å². The molecule has 1 N–H and O–H groups in total. The highest BCUT2D eigenvalue weighted by atomic mass is 32.2. The number of rotatable bonds is 12. The second-order valence-corrected chi connectivity index (χ2v) is 13.2. The molecule has 0 saturated heterocycles. The molecule has 230 valence electrons. The number of nitro groups is 1. The molecule has 12 heteroatoms. The number of carbonyl (C=O) groups excluding carboxylic acids is 2. The van der Waals surface area contributed by atoms with Gasteiger partial charge in [0.25, 0.3) is 5.69 Å². The van der Waals surface area contributed by atoms with Gasteiger partial charge in [0.1, 0.15) is 18.3 Å². The quantitative estimate of drug-likeness (QED) is 0.239. The number of carbonyl (C=O) groups is 2. The van der Waals surface area contributed by atoms with E-state index >= 15 is 0 Å². The van der Waals surface area contributed by atoms with Gasteiger partial charge in [-0.15, -0.1) is 0 Å². The van der Waals surface area contributed by atoms with Crippen LogP contribution in [0.25, 0.3) is 0 Å². The van der Waals surface area contributed by atoms with Crippen LogP contribution in [-0.4, -0.2) is 61.5 Å². The van der Waals surface area contributed by atoms with Crippen molar-refractivity contribution in [1.29, 1.82) is 0 Å². The molecule has 0 fully saturated rings. The van der Waals surface area contributed by atoms with Crippen molar-refractivity contribution in [2.24, 2.45) is 0 Å². The Bertz CT molecular complexity index is 1570. The maximum atomic E-state index is 14.2. The average Bonchev–Trinajstić information content (AvgIpc) is 2.93. The highest BCUT2D eigenvalue weighted by Gasteiger charge is 2.35. The normalized spacial score (nSPS) is 12.2. The first-order valence-corrected chi connectivity index (χ1v) is 15.4. The van der Waals surface area contributed by atoms with Crippen LogP contribution in [0, 0.1) is 17.0 Å². The molecule has 0 aromatic heterocycles. The van der Waals surface area contributed by atoms with Crippen molar-refractivity contribution >= 4 is 33.2 Å². The molecular formula is C31H38N4O7S. The van der Waals surface area contributed by atoms with Gasteiger partial charge < -0.3 is 15.0 Å². The Hall–Kier alpha value is -4.45. The number of aryl methyl sites for hydroxylation is 1. The van der Waals surface area contributed by atoms with Gasteiger partial charge in [-0.1, -0.05) is 48.5 Å². The van der Waals surface area contributed by atoms with Gasteiger partial charge in [0.15, 0.2) is 0 Å². The van der Waals surface area contributed by atoms with Gasteiger partial charge in [0, 0.05) is 30.6 Å². The molecule has 0 aliphatic carbocycles. The molecule has 1 unspecified atom stereocenters. The summed E-state index contributed by atoms with van der Waals surface area (Å²) in [7, 11) is -2.57. The van der Waals surface area contributed by atoms with Gasteiger partial charge in [-0.3, -0.25) is 24.0 Å². The van der Waals surface area contributed by atoms with Gasteiger partial charge in [-0.25, -0.2) is 8.42 Å². The SMILES string of the molecule is COc1cccc(CN(C(=O)CN(c2cc([N+](=O)[O-])ccc2C)S(C)(=O)=O)C(Cc2ccccc2)C(=O)NC(C)(C)C)c1. The van der Waals surface area contributed by atoms with E-state index in [9.17, 15) is 28.1 Å². The predicted molar refractivity (Wildman–Crippen MR) is 165 cm³/mol. The van der Waals surface area contributed by atoms with Crippen molar-refractivity contribution in [3.8, 4) is 5.75 Å². The number of hydrogen-bond donors (Lipinski definition) is 1. The Morgan fingerprint density at radius 1 is 1.00 bits per heavy atom. The number of benzene rings is 3. The topological polar surface area (TPSA) is 139 Å². The number of anilines is 1. The standard InChI is InChI=1S/C31H38N4O7S/c1-22-15-16-25(35(38)39)19-27(22)34(43(6,40)41)21-29(36)33(20-24-13-10-14-26(17-24)42-5)28(30(37)32-31(2,3)4)18-23-11-8-7-9-12-23/h7-17,19,28H,18,20-21H2,1-6H3,(H,32,37). The van der Waals surface area contributed by atoms with Crippen molar-refractivity contribution in [2.45, 2.75) is 52.2 Å². The van der Waals surface area contributed by atoms with Crippen LogP contribution in [0.5, 0.6) is 5.75 Å². The number of nitrogens with one attached hydrogen (secondary N) is 1. The second kappa shape index (κ2) is 13.7. The monoisotopic (exact) mass is 610 g/mol. The molecule has 3 aromatic carbocycles. The van der Waals surface area contributed by atoms with Crippen LogP contribution in [0.2, 0.25) is 0 Å². The summed E-state index contributed by atoms with van der Waals surface area (Å²) in [6.07, 6.45) is 1.09. The van der Waals surface area contributed by atoms with E-state index in [2.05, 4.69) is 5.32 Å². The summed E-state index contributed by atoms with van der Waals surface area (Å²) < 4.78 is 32.3. The Labute approximate surface area is 252 Å². The summed E-state index contributed by atoms with van der Waals surface area (Å²) >= 11 is 0. The first-order chi connectivity index (χ1) is 20.1. The minimum absolute atomic E-state index is 0.00475. The van der Waals surface area contributed by atoms with Crippen LogP contribution in [0.1, 0.15) is 37.5 Å². The van der Waals surface area contributed by atoms with E-state index in [1.807, 2.05) is 51.1 Å². The maximum Gasteiger partial charge on any atom is 0.271 e. The van der Waals surface area contributed by atoms with Crippen LogP contribution in [-0.2, 0) is 32.6 Å². The van der Waals surface area contributed by atoms with Crippen LogP contribution >= 0.6 is 0 Å². The fraction of sp³-hybridized carbons (Fsp3) is 0.355. The van der Waals surface area contributed by atoms with E-state index in [1.165, 1.54) is 24.1 Å². The number of hydrogen-bond acceptors (Lipinski definition) is 7. The van der Waals surface area contributed by atoms with E-state index < -0.39 is 44.9 Å². The molecule has 3 rings (SSSR count). The Kier molecular flexibility index (Phi) is 10.5. The molecule has 0 radical (unpaired) electrons. The Balaban J connectivity index is 2.14. The highest BCUT2D eigenvalue weighted by Crippen LogP contribution is 2.28. The Morgan fingerprint density at radius 2 is 1.65 bits per heavy atom. The fourth-order valence-electron chi connectivity index (χ4n) is 4.55. The molecule has 43 heavy (non-hydrogen) atoms. The molecular weight excluding hydrogens is 572 g/mol. The maximum absolute atomic E-state index is 14.2. The highest BCUT2D eigenvalue weighted by molar-refractivity contribution is 7.92. The first-order valence-electron chi connectivity index (χ1n) is 13.6. The van der Waals surface area contributed by atoms with Gasteiger partial charge in [0.2, 0.25) is 21.8 Å². The molecule has 0 aliphatic rings. The van der Waals surface area contributed by atoms with Crippen LogP contribution in [0.4, 0.5) is 11.4 Å². The molecule has 3 aromatic rings. The molecule has 0 bridgehead atoms. The summed E-state index contributed by atoms with van der Waals surface area (Å²) in [5, 5.41) is 14.4. The lowest BCUT2D eigenvalue weighted by Crippen LogP contribution is -2.56. The number of amides is 2. The Morgan fingerprint density at radius 3 is 2.23 bits per heavy atom. The van der Waals surface area contributed by atoms with Gasteiger partial charge in [0.05, 0.1) is 24.0 Å². The lowest BCUT2D eigenvalue weighted by molar-refractivity contribution is -0.384. The van der Waals surface area contributed by atoms with Crippen LogP contribution in [0.15, 0.2) is 72.8 Å². The van der Waals surface area contributed by atoms with Gasteiger partial charge >= 0.3 is 0 Å². The van der Waals surface area contributed by atoms with Gasteiger partial charge in [-0.05, 0) is 56.5 Å². The lowest BCUT2D eigenvalue weighted by atomic mass is 10.0. The fourth-order valence-corrected chi connectivity index (χ4v) is 5.45. The minimum Gasteiger partial charge on any atom is -0.497 e. The minimum atomic E-state index is -4.09. The molecule has 0 aliphatic heterocycles. The second-order valence-electron chi connectivity index (χ2n) is 11.3. The summed E-state index contributed by atoms with van der Waals surface area (Å²) in [4.78, 5) is 40.3. The zero-order valence-electron chi connectivity index (χ0n) is 25.2. The van der Waals surface area contributed by atoms with Crippen molar-refractivity contribution in [3.63, 3.8) is 0 Å². The van der Waals surface area contributed by atoms with E-state index in [1.54, 1.807) is 31.2 Å². The molecule has 0 spiro atoms. The van der Waals surface area contributed by atoms with Crippen molar-refractivity contribution in [2.75, 3.05) is 24.2 Å². The summed E-state index contributed by atoms with van der Waals surface area (Å²) in [6.45, 7) is 6.37. The lowest BCUT2D eigenvalue weighted by Gasteiger charge is -2.35. The third-order valence-corrected chi connectivity index (χ3v) is 7.73. The number of methoxy groups -OCH3 is 1. The number of sulfonamides is 1. The predicted octanol–water partition coefficient (Wildman–Crippen LogP) is 4.23. The van der Waals surface area contributed by atoms with Crippen LogP contribution < -0.4 is 14.4 Å². The molecule has 11 nitrogen and oxygen atoms in total. The number of ether oxygens (including phenoxy) is 1. The third-order valence-electron chi connectivity index (χ3n) is 6.61. The number of nitro benzene ring substituents is 1. The summed E-state index contributed by atoms with van der Waals surface area (Å²) in [5.41, 5.74) is 0.956. The van der Waals surface area contributed by atoms with Crippen LogP contribution in [0.3, 0.4) is 0 Å². The smallest absolute Gasteiger partial charge is 0.271 e. The van der Waals surface area contributed by atoms with Crippen molar-refractivity contribution in [1.82, 2.24) is 10.2 Å². The summed E-state index contributed by atoms with van der Waals surface area (Å²) in [6, 6.07) is 19.0. The van der Waals surface area contributed by atoms with E-state index in [0.29, 0.717) is 16.9 Å². The summed E-state index contributed by atoms with van der Waals surface area (Å²) in [5.74, 6) is -0.525.